The van der Waals surface area contributed by atoms with E-state index < -0.39 is 11.4 Å². The molecule has 1 saturated heterocycles. The molecule has 1 aromatic rings. The molecular formula is C19H25N3O4. The SMILES string of the molecule is CC(C)NC(=O)Nc1ccc(C(=O)N2C[C@@H]3CCC[C@@]3(C(=O)O)C2)cc1. The van der Waals surface area contributed by atoms with Crippen LogP contribution in [-0.2, 0) is 4.79 Å². The number of carbonyl (C=O) groups is 3. The molecule has 0 bridgehead atoms. The Kier molecular flexibility index (Phi) is 4.89. The Labute approximate surface area is 152 Å². The molecule has 2 aliphatic rings. The van der Waals surface area contributed by atoms with Gasteiger partial charge in [-0.2, -0.15) is 0 Å². The molecule has 140 valence electrons. The number of nitrogens with one attached hydrogen (secondary N) is 2. The van der Waals surface area contributed by atoms with Crippen molar-refractivity contribution in [1.82, 2.24) is 10.2 Å². The molecule has 2 atom stereocenters. The first kappa shape index (κ1) is 18.2. The van der Waals surface area contributed by atoms with Crippen LogP contribution in [-0.4, -0.2) is 47.0 Å². The van der Waals surface area contributed by atoms with Crippen molar-refractivity contribution in [2.45, 2.75) is 39.2 Å². The van der Waals surface area contributed by atoms with Gasteiger partial charge in [-0.3, -0.25) is 9.59 Å². The third kappa shape index (κ3) is 3.38. The highest BCUT2D eigenvalue weighted by Crippen LogP contribution is 2.49. The summed E-state index contributed by atoms with van der Waals surface area (Å²) in [5.41, 5.74) is 0.326. The Hall–Kier alpha value is -2.57. The van der Waals surface area contributed by atoms with Crippen molar-refractivity contribution in [2.75, 3.05) is 18.4 Å². The summed E-state index contributed by atoms with van der Waals surface area (Å²) in [6.07, 6.45) is 2.42. The van der Waals surface area contributed by atoms with Crippen LogP contribution in [0.15, 0.2) is 24.3 Å². The second-order valence-electron chi connectivity index (χ2n) is 7.57. The summed E-state index contributed by atoms with van der Waals surface area (Å²) >= 11 is 0. The molecule has 0 radical (unpaired) electrons. The zero-order chi connectivity index (χ0) is 18.9. The number of benzene rings is 1. The van der Waals surface area contributed by atoms with E-state index in [1.807, 2.05) is 13.8 Å². The Morgan fingerprint density at radius 1 is 1.23 bits per heavy atom. The number of carboxylic acids is 1. The molecule has 3 amide bonds. The number of hydrogen-bond donors (Lipinski definition) is 3. The second kappa shape index (κ2) is 6.97. The van der Waals surface area contributed by atoms with Crippen LogP contribution in [0, 0.1) is 11.3 Å². The zero-order valence-corrected chi connectivity index (χ0v) is 15.1. The van der Waals surface area contributed by atoms with Gasteiger partial charge in [0.1, 0.15) is 0 Å². The lowest BCUT2D eigenvalue weighted by molar-refractivity contribution is -0.149. The summed E-state index contributed by atoms with van der Waals surface area (Å²) in [6, 6.07) is 6.42. The smallest absolute Gasteiger partial charge is 0.319 e. The van der Waals surface area contributed by atoms with Crippen molar-refractivity contribution in [3.05, 3.63) is 29.8 Å². The number of urea groups is 1. The highest BCUT2D eigenvalue weighted by molar-refractivity contribution is 5.96. The van der Waals surface area contributed by atoms with Crippen LogP contribution in [0.2, 0.25) is 0 Å². The lowest BCUT2D eigenvalue weighted by Crippen LogP contribution is -2.37. The molecule has 2 fully saturated rings. The molecule has 1 aliphatic heterocycles. The predicted octanol–water partition coefficient (Wildman–Crippen LogP) is 2.54. The molecule has 7 nitrogen and oxygen atoms in total. The van der Waals surface area contributed by atoms with E-state index in [9.17, 15) is 19.5 Å². The van der Waals surface area contributed by atoms with E-state index in [1.165, 1.54) is 0 Å². The van der Waals surface area contributed by atoms with Crippen LogP contribution in [0.5, 0.6) is 0 Å². The van der Waals surface area contributed by atoms with Crippen molar-refractivity contribution in [3.63, 3.8) is 0 Å². The molecular weight excluding hydrogens is 334 g/mol. The fourth-order valence-electron chi connectivity index (χ4n) is 4.10. The summed E-state index contributed by atoms with van der Waals surface area (Å²) in [7, 11) is 0. The molecule has 7 heteroatoms. The van der Waals surface area contributed by atoms with Gasteiger partial charge in [0.2, 0.25) is 0 Å². The number of fused-ring (bicyclic) bond motifs is 1. The first-order valence-electron chi connectivity index (χ1n) is 9.02. The van der Waals surface area contributed by atoms with Crippen molar-refractivity contribution in [3.8, 4) is 0 Å². The summed E-state index contributed by atoms with van der Waals surface area (Å²) in [5, 5.41) is 15.1. The minimum absolute atomic E-state index is 0.0343. The maximum atomic E-state index is 12.8. The third-order valence-electron chi connectivity index (χ3n) is 5.39. The largest absolute Gasteiger partial charge is 0.481 e. The van der Waals surface area contributed by atoms with Gasteiger partial charge in [0.05, 0.1) is 5.41 Å². The maximum absolute atomic E-state index is 12.8. The van der Waals surface area contributed by atoms with Crippen LogP contribution in [0.3, 0.4) is 0 Å². The molecule has 0 spiro atoms. The van der Waals surface area contributed by atoms with Gasteiger partial charge in [-0.1, -0.05) is 6.42 Å². The Morgan fingerprint density at radius 2 is 1.92 bits per heavy atom. The van der Waals surface area contributed by atoms with Crippen molar-refractivity contribution in [1.29, 1.82) is 0 Å². The zero-order valence-electron chi connectivity index (χ0n) is 15.1. The van der Waals surface area contributed by atoms with E-state index in [0.717, 1.165) is 12.8 Å². The van der Waals surface area contributed by atoms with E-state index in [-0.39, 0.29) is 30.4 Å². The van der Waals surface area contributed by atoms with Gasteiger partial charge in [0, 0.05) is 30.4 Å². The van der Waals surface area contributed by atoms with Gasteiger partial charge in [0.15, 0.2) is 0 Å². The van der Waals surface area contributed by atoms with Gasteiger partial charge in [-0.05, 0) is 56.9 Å². The highest BCUT2D eigenvalue weighted by Gasteiger charge is 2.55. The molecule has 1 aliphatic carbocycles. The molecule has 0 unspecified atom stereocenters. The Balaban J connectivity index is 1.66. The molecule has 3 rings (SSSR count). The normalized spacial score (nSPS) is 24.4. The van der Waals surface area contributed by atoms with Crippen LogP contribution < -0.4 is 10.6 Å². The average molecular weight is 359 g/mol. The highest BCUT2D eigenvalue weighted by atomic mass is 16.4. The Morgan fingerprint density at radius 3 is 2.50 bits per heavy atom. The van der Waals surface area contributed by atoms with Gasteiger partial charge in [0.25, 0.3) is 5.91 Å². The van der Waals surface area contributed by atoms with Gasteiger partial charge in [-0.25, -0.2) is 4.79 Å². The van der Waals surface area contributed by atoms with Gasteiger partial charge in [-0.15, -0.1) is 0 Å². The number of carbonyl (C=O) groups excluding carboxylic acids is 2. The van der Waals surface area contributed by atoms with E-state index in [1.54, 1.807) is 29.2 Å². The number of likely N-dealkylation sites (tertiary alicyclic amines) is 1. The summed E-state index contributed by atoms with van der Waals surface area (Å²) in [6.45, 7) is 4.53. The molecule has 26 heavy (non-hydrogen) atoms. The maximum Gasteiger partial charge on any atom is 0.319 e. The van der Waals surface area contributed by atoms with Crippen molar-refractivity contribution in [2.24, 2.45) is 11.3 Å². The Bertz CT molecular complexity index is 716. The number of anilines is 1. The fraction of sp³-hybridized carbons (Fsp3) is 0.526. The van der Waals surface area contributed by atoms with Gasteiger partial charge < -0.3 is 20.6 Å². The minimum Gasteiger partial charge on any atom is -0.481 e. The van der Waals surface area contributed by atoms with E-state index in [2.05, 4.69) is 10.6 Å². The minimum atomic E-state index is -0.786. The van der Waals surface area contributed by atoms with Crippen LogP contribution in [0.25, 0.3) is 0 Å². The third-order valence-corrected chi connectivity index (χ3v) is 5.39. The van der Waals surface area contributed by atoms with Crippen molar-refractivity contribution < 1.29 is 19.5 Å². The first-order valence-corrected chi connectivity index (χ1v) is 9.02. The molecule has 0 aromatic heterocycles. The fourth-order valence-corrected chi connectivity index (χ4v) is 4.10. The van der Waals surface area contributed by atoms with Crippen LogP contribution >= 0.6 is 0 Å². The predicted molar refractivity (Wildman–Crippen MR) is 97.0 cm³/mol. The molecule has 1 heterocycles. The topological polar surface area (TPSA) is 98.7 Å². The quantitative estimate of drug-likeness (QED) is 0.769. The standard InChI is InChI=1S/C19H25N3O4/c1-12(2)20-18(26)21-15-7-5-13(6-8-15)16(23)22-10-14-4-3-9-19(14,11-22)17(24)25/h5-8,12,14H,3-4,9-11H2,1-2H3,(H,24,25)(H2,20,21,26)/t14-,19+/m0/s1. The van der Waals surface area contributed by atoms with Gasteiger partial charge >= 0.3 is 12.0 Å². The van der Waals surface area contributed by atoms with E-state index in [4.69, 9.17) is 0 Å². The first-order chi connectivity index (χ1) is 12.3. The number of rotatable bonds is 4. The van der Waals surface area contributed by atoms with Crippen LogP contribution in [0.1, 0.15) is 43.5 Å². The van der Waals surface area contributed by atoms with E-state index >= 15 is 0 Å². The summed E-state index contributed by atoms with van der Waals surface area (Å²) < 4.78 is 0. The number of amides is 3. The number of nitrogens with zero attached hydrogens (tertiary/aromatic N) is 1. The second-order valence-corrected chi connectivity index (χ2v) is 7.57. The number of aliphatic carboxylic acids is 1. The lowest BCUT2D eigenvalue weighted by Gasteiger charge is -2.23. The lowest BCUT2D eigenvalue weighted by atomic mass is 9.81. The number of hydrogen-bond acceptors (Lipinski definition) is 3. The number of carboxylic acid groups (broad SMARTS) is 1. The molecule has 1 aromatic carbocycles. The summed E-state index contributed by atoms with van der Waals surface area (Å²) in [4.78, 5) is 37.9. The van der Waals surface area contributed by atoms with E-state index in [0.29, 0.717) is 24.2 Å². The van der Waals surface area contributed by atoms with Crippen molar-refractivity contribution >= 4 is 23.6 Å². The summed E-state index contributed by atoms with van der Waals surface area (Å²) in [5.74, 6) is -0.895. The monoisotopic (exact) mass is 359 g/mol. The molecule has 1 saturated carbocycles. The van der Waals surface area contributed by atoms with Crippen LogP contribution in [0.4, 0.5) is 10.5 Å². The molecule has 3 N–H and O–H groups in total. The average Bonchev–Trinajstić information content (AvgIpc) is 3.12.